The van der Waals surface area contributed by atoms with Crippen LogP contribution in [-0.4, -0.2) is 30.4 Å². The van der Waals surface area contributed by atoms with E-state index in [2.05, 4.69) is 39.4 Å². The number of carbonyl (C=O) groups excluding carboxylic acids is 1. The van der Waals surface area contributed by atoms with E-state index in [-0.39, 0.29) is 5.91 Å². The summed E-state index contributed by atoms with van der Waals surface area (Å²) in [5.41, 5.74) is 8.36. The highest BCUT2D eigenvalue weighted by Gasteiger charge is 2.19. The Morgan fingerprint density at radius 3 is 2.65 bits per heavy atom. The van der Waals surface area contributed by atoms with Crippen LogP contribution in [0.25, 0.3) is 10.9 Å². The third-order valence-electron chi connectivity index (χ3n) is 6.00. The van der Waals surface area contributed by atoms with Crippen molar-refractivity contribution < 1.29 is 14.3 Å². The molecule has 0 unspecified atom stereocenters. The van der Waals surface area contributed by atoms with E-state index in [4.69, 9.17) is 9.47 Å². The van der Waals surface area contributed by atoms with Crippen molar-refractivity contribution in [1.82, 2.24) is 9.99 Å². The van der Waals surface area contributed by atoms with Gasteiger partial charge in [-0.15, -0.1) is 0 Å². The molecule has 1 amide bonds. The number of aromatic nitrogens is 1. The molecule has 3 aromatic rings. The normalized spacial score (nSPS) is 13.7. The van der Waals surface area contributed by atoms with Crippen LogP contribution in [0.4, 0.5) is 0 Å². The number of para-hydroxylation sites is 1. The van der Waals surface area contributed by atoms with Crippen molar-refractivity contribution in [2.75, 3.05) is 14.2 Å². The third-order valence-corrected chi connectivity index (χ3v) is 6.00. The minimum Gasteiger partial charge on any atom is -0.493 e. The Morgan fingerprint density at radius 1 is 1.06 bits per heavy atom. The van der Waals surface area contributed by atoms with Gasteiger partial charge in [-0.1, -0.05) is 18.2 Å². The smallest absolute Gasteiger partial charge is 0.241 e. The zero-order valence-corrected chi connectivity index (χ0v) is 18.4. The van der Waals surface area contributed by atoms with Crippen LogP contribution in [0.2, 0.25) is 0 Å². The number of ether oxygens (including phenoxy) is 2. The fourth-order valence-electron chi connectivity index (χ4n) is 4.38. The van der Waals surface area contributed by atoms with E-state index in [1.54, 1.807) is 14.2 Å². The summed E-state index contributed by atoms with van der Waals surface area (Å²) in [4.78, 5) is 12.5. The molecule has 1 heterocycles. The summed E-state index contributed by atoms with van der Waals surface area (Å²) < 4.78 is 12.9. The van der Waals surface area contributed by atoms with Crippen molar-refractivity contribution in [1.29, 1.82) is 0 Å². The summed E-state index contributed by atoms with van der Waals surface area (Å²) >= 11 is 0. The lowest BCUT2D eigenvalue weighted by molar-refractivity contribution is -0.121. The van der Waals surface area contributed by atoms with Crippen molar-refractivity contribution in [2.24, 2.45) is 5.10 Å². The van der Waals surface area contributed by atoms with Gasteiger partial charge in [-0.2, -0.15) is 5.10 Å². The Morgan fingerprint density at radius 2 is 1.84 bits per heavy atom. The molecule has 0 aliphatic heterocycles. The highest BCUT2D eigenvalue weighted by Crippen LogP contribution is 2.32. The van der Waals surface area contributed by atoms with Crippen molar-refractivity contribution in [3.05, 3.63) is 59.3 Å². The summed E-state index contributed by atoms with van der Waals surface area (Å²) in [5, 5.41) is 5.62. The van der Waals surface area contributed by atoms with E-state index in [0.717, 1.165) is 18.4 Å². The van der Waals surface area contributed by atoms with Gasteiger partial charge >= 0.3 is 0 Å². The Kier molecular flexibility index (Phi) is 6.26. The SMILES string of the molecule is COc1ccc(/C(C)=N\NC(=O)CCn2c3c(c4ccccc42)CCCC3)cc1OC. The Bertz CT molecular complexity index is 1130. The number of rotatable bonds is 7. The van der Waals surface area contributed by atoms with Gasteiger partial charge in [0.1, 0.15) is 0 Å². The summed E-state index contributed by atoms with van der Waals surface area (Å²) in [6.07, 6.45) is 5.05. The number of nitrogens with one attached hydrogen (secondary N) is 1. The number of benzene rings is 2. The fourth-order valence-corrected chi connectivity index (χ4v) is 4.38. The maximum Gasteiger partial charge on any atom is 0.241 e. The lowest BCUT2D eigenvalue weighted by Crippen LogP contribution is -2.21. The monoisotopic (exact) mass is 419 g/mol. The predicted octanol–water partition coefficient (Wildman–Crippen LogP) is 4.47. The molecular weight excluding hydrogens is 390 g/mol. The summed E-state index contributed by atoms with van der Waals surface area (Å²) in [7, 11) is 3.20. The number of hydrazone groups is 1. The van der Waals surface area contributed by atoms with E-state index in [9.17, 15) is 4.79 Å². The molecule has 1 aliphatic carbocycles. The highest BCUT2D eigenvalue weighted by atomic mass is 16.5. The quantitative estimate of drug-likeness (QED) is 0.454. The van der Waals surface area contributed by atoms with Gasteiger partial charge in [-0.25, -0.2) is 5.43 Å². The Labute approximate surface area is 182 Å². The number of aryl methyl sites for hydroxylation is 2. The Hall–Kier alpha value is -3.28. The lowest BCUT2D eigenvalue weighted by Gasteiger charge is -2.15. The summed E-state index contributed by atoms with van der Waals surface area (Å²) in [6.45, 7) is 2.52. The number of hydrogen-bond acceptors (Lipinski definition) is 4. The van der Waals surface area contributed by atoms with Gasteiger partial charge in [0.25, 0.3) is 0 Å². The number of hydrogen-bond donors (Lipinski definition) is 1. The minimum atomic E-state index is -0.0952. The first-order valence-corrected chi connectivity index (χ1v) is 10.8. The average molecular weight is 420 g/mol. The van der Waals surface area contributed by atoms with Crippen LogP contribution in [-0.2, 0) is 24.2 Å². The number of fused-ring (bicyclic) bond motifs is 3. The van der Waals surface area contributed by atoms with Crippen LogP contribution in [0.1, 0.15) is 43.0 Å². The first-order chi connectivity index (χ1) is 15.1. The standard InChI is InChI=1S/C25H29N3O3/c1-17(18-12-13-23(30-2)24(16-18)31-3)26-27-25(29)14-15-28-21-10-6-4-8-19(21)20-9-5-7-11-22(20)28/h4,6,8,10,12-13,16H,5,7,9,11,14-15H2,1-3H3,(H,27,29)/b26-17-. The molecule has 0 fully saturated rings. The summed E-state index contributed by atoms with van der Waals surface area (Å²) in [6, 6.07) is 14.1. The first-order valence-electron chi connectivity index (χ1n) is 10.8. The molecule has 31 heavy (non-hydrogen) atoms. The minimum absolute atomic E-state index is 0.0952. The van der Waals surface area contributed by atoms with E-state index in [0.29, 0.717) is 30.2 Å². The van der Waals surface area contributed by atoms with Crippen molar-refractivity contribution in [3.63, 3.8) is 0 Å². The van der Waals surface area contributed by atoms with Gasteiger partial charge in [0, 0.05) is 35.1 Å². The highest BCUT2D eigenvalue weighted by molar-refractivity contribution is 5.99. The third kappa shape index (κ3) is 4.29. The second-order valence-electron chi connectivity index (χ2n) is 7.85. The molecule has 0 saturated heterocycles. The molecule has 6 nitrogen and oxygen atoms in total. The maximum absolute atomic E-state index is 12.5. The molecule has 1 aliphatic rings. The number of carbonyl (C=O) groups is 1. The molecule has 162 valence electrons. The van der Waals surface area contributed by atoms with Gasteiger partial charge in [0.05, 0.1) is 19.9 Å². The van der Waals surface area contributed by atoms with Crippen LogP contribution in [0, 0.1) is 0 Å². The van der Waals surface area contributed by atoms with Crippen LogP contribution >= 0.6 is 0 Å². The van der Waals surface area contributed by atoms with E-state index in [1.807, 2.05) is 25.1 Å². The average Bonchev–Trinajstić information content (AvgIpc) is 3.14. The van der Waals surface area contributed by atoms with Crippen LogP contribution in [0.3, 0.4) is 0 Å². The fraction of sp³-hybridized carbons (Fsp3) is 0.360. The Balaban J connectivity index is 1.44. The van der Waals surface area contributed by atoms with E-state index in [1.165, 1.54) is 35.0 Å². The number of nitrogens with zero attached hydrogens (tertiary/aromatic N) is 2. The van der Waals surface area contributed by atoms with E-state index < -0.39 is 0 Å². The zero-order valence-electron chi connectivity index (χ0n) is 18.4. The molecule has 4 rings (SSSR count). The number of amides is 1. The largest absolute Gasteiger partial charge is 0.493 e. The molecule has 1 N–H and O–H groups in total. The molecule has 1 aromatic heterocycles. The van der Waals surface area contributed by atoms with Crippen molar-refractivity contribution in [2.45, 2.75) is 45.6 Å². The van der Waals surface area contributed by atoms with Gasteiger partial charge in [-0.05, 0) is 62.4 Å². The number of methoxy groups -OCH3 is 2. The van der Waals surface area contributed by atoms with Gasteiger partial charge in [0.15, 0.2) is 11.5 Å². The molecule has 2 aromatic carbocycles. The van der Waals surface area contributed by atoms with Gasteiger partial charge < -0.3 is 14.0 Å². The topological polar surface area (TPSA) is 64.8 Å². The summed E-state index contributed by atoms with van der Waals surface area (Å²) in [5.74, 6) is 1.19. The molecule has 0 spiro atoms. The zero-order chi connectivity index (χ0) is 21.8. The van der Waals surface area contributed by atoms with Crippen LogP contribution in [0.15, 0.2) is 47.6 Å². The molecular formula is C25H29N3O3. The van der Waals surface area contributed by atoms with Crippen LogP contribution in [0.5, 0.6) is 11.5 Å². The molecule has 0 saturated carbocycles. The van der Waals surface area contributed by atoms with Gasteiger partial charge in [0.2, 0.25) is 5.91 Å². The van der Waals surface area contributed by atoms with Gasteiger partial charge in [-0.3, -0.25) is 4.79 Å². The molecule has 0 radical (unpaired) electrons. The first kappa shape index (κ1) is 21.0. The molecule has 0 atom stereocenters. The predicted molar refractivity (Wildman–Crippen MR) is 123 cm³/mol. The second-order valence-corrected chi connectivity index (χ2v) is 7.85. The lowest BCUT2D eigenvalue weighted by atomic mass is 9.95. The second kappa shape index (κ2) is 9.25. The maximum atomic E-state index is 12.5. The molecule has 6 heteroatoms. The van der Waals surface area contributed by atoms with Crippen molar-refractivity contribution >= 4 is 22.5 Å². The van der Waals surface area contributed by atoms with Crippen molar-refractivity contribution in [3.8, 4) is 11.5 Å². The van der Waals surface area contributed by atoms with Crippen LogP contribution < -0.4 is 14.9 Å². The van der Waals surface area contributed by atoms with E-state index >= 15 is 0 Å². The molecule has 0 bridgehead atoms.